The van der Waals surface area contributed by atoms with Crippen LogP contribution in [0.3, 0.4) is 0 Å². The summed E-state index contributed by atoms with van der Waals surface area (Å²) in [6, 6.07) is 12.2. The Bertz CT molecular complexity index is 758. The van der Waals surface area contributed by atoms with Crippen molar-refractivity contribution in [1.82, 2.24) is 5.32 Å². The van der Waals surface area contributed by atoms with E-state index >= 15 is 0 Å². The van der Waals surface area contributed by atoms with E-state index in [1.54, 1.807) is 19.2 Å². The van der Waals surface area contributed by atoms with E-state index in [-0.39, 0.29) is 23.2 Å². The number of methoxy groups -OCH3 is 2. The fraction of sp³-hybridized carbons (Fsp3) is 0.316. The van der Waals surface area contributed by atoms with Crippen LogP contribution in [0.4, 0.5) is 8.78 Å². The Morgan fingerprint density at radius 3 is 2.59 bits per heavy atom. The lowest BCUT2D eigenvalue weighted by molar-refractivity contribution is -0.118. The molecule has 0 radical (unpaired) electrons. The van der Waals surface area contributed by atoms with Gasteiger partial charge in [-0.1, -0.05) is 18.2 Å². The first-order valence-corrected chi connectivity index (χ1v) is 9.26. The zero-order valence-electron chi connectivity index (χ0n) is 15.0. The lowest BCUT2D eigenvalue weighted by atomic mass is 10.2. The number of thioether (sulfide) groups is 1. The number of hydrogen-bond donors (Lipinski definition) is 1. The maximum atomic E-state index is 12.3. The molecule has 0 aliphatic carbocycles. The van der Waals surface area contributed by atoms with Crippen LogP contribution in [0, 0.1) is 0 Å². The molecule has 1 N–H and O–H groups in total. The number of carbonyl (C=O) groups excluding carboxylic acids is 1. The van der Waals surface area contributed by atoms with Crippen LogP contribution in [0.5, 0.6) is 17.2 Å². The molecule has 0 aliphatic heterocycles. The van der Waals surface area contributed by atoms with Crippen molar-refractivity contribution >= 4 is 17.7 Å². The molecule has 2 rings (SSSR count). The molecule has 2 aromatic rings. The fourth-order valence-corrected chi connectivity index (χ4v) is 3.10. The molecule has 2 aromatic carbocycles. The second-order valence-electron chi connectivity index (χ2n) is 5.48. The van der Waals surface area contributed by atoms with Gasteiger partial charge in [-0.25, -0.2) is 0 Å². The second-order valence-corrected chi connectivity index (χ2v) is 6.47. The Morgan fingerprint density at radius 1 is 1.07 bits per heavy atom. The minimum atomic E-state index is -2.91. The topological polar surface area (TPSA) is 56.8 Å². The third kappa shape index (κ3) is 6.97. The molecular weight excluding hydrogens is 376 g/mol. The van der Waals surface area contributed by atoms with Gasteiger partial charge in [0, 0.05) is 12.3 Å². The highest BCUT2D eigenvalue weighted by Gasteiger charge is 2.11. The minimum Gasteiger partial charge on any atom is -0.497 e. The maximum absolute atomic E-state index is 12.3. The molecule has 0 fully saturated rings. The first-order chi connectivity index (χ1) is 13.0. The molecule has 8 heteroatoms. The van der Waals surface area contributed by atoms with Crippen molar-refractivity contribution in [1.29, 1.82) is 0 Å². The molecule has 0 saturated heterocycles. The number of ether oxygens (including phenoxy) is 3. The zero-order chi connectivity index (χ0) is 19.6. The Labute approximate surface area is 161 Å². The van der Waals surface area contributed by atoms with Crippen molar-refractivity contribution in [3.63, 3.8) is 0 Å². The molecule has 5 nitrogen and oxygen atoms in total. The molecule has 0 atom stereocenters. The molecule has 0 aliphatic rings. The summed E-state index contributed by atoms with van der Waals surface area (Å²) in [4.78, 5) is 12.0. The van der Waals surface area contributed by atoms with Crippen LogP contribution in [0.25, 0.3) is 0 Å². The molecule has 0 aromatic heterocycles. The molecule has 0 unspecified atom stereocenters. The van der Waals surface area contributed by atoms with E-state index in [1.807, 2.05) is 24.3 Å². The monoisotopic (exact) mass is 397 g/mol. The third-order valence-electron chi connectivity index (χ3n) is 3.57. The van der Waals surface area contributed by atoms with E-state index in [2.05, 4.69) is 10.1 Å². The Morgan fingerprint density at radius 2 is 1.89 bits per heavy atom. The normalized spacial score (nSPS) is 10.6. The smallest absolute Gasteiger partial charge is 0.387 e. The van der Waals surface area contributed by atoms with Crippen LogP contribution >= 0.6 is 11.8 Å². The average Bonchev–Trinajstić information content (AvgIpc) is 2.67. The number of hydrogen-bond acceptors (Lipinski definition) is 5. The Balaban J connectivity index is 1.78. The summed E-state index contributed by atoms with van der Waals surface area (Å²) in [7, 11) is 2.98. The minimum absolute atomic E-state index is 0.0164. The largest absolute Gasteiger partial charge is 0.497 e. The third-order valence-corrected chi connectivity index (χ3v) is 4.57. The summed E-state index contributed by atoms with van der Waals surface area (Å²) in [6.45, 7) is -2.49. The molecule has 146 valence electrons. The highest BCUT2D eigenvalue weighted by atomic mass is 32.2. The Kier molecular flexibility index (Phi) is 8.19. The van der Waals surface area contributed by atoms with E-state index in [0.717, 1.165) is 16.9 Å². The summed E-state index contributed by atoms with van der Waals surface area (Å²) < 4.78 is 39.3. The number of halogens is 2. The van der Waals surface area contributed by atoms with Gasteiger partial charge < -0.3 is 19.5 Å². The number of nitrogens with one attached hydrogen (secondary N) is 1. The van der Waals surface area contributed by atoms with Gasteiger partial charge >= 0.3 is 6.61 Å². The molecule has 27 heavy (non-hydrogen) atoms. The van der Waals surface area contributed by atoms with Gasteiger partial charge in [0.1, 0.15) is 5.75 Å². The predicted molar refractivity (Wildman–Crippen MR) is 101 cm³/mol. The van der Waals surface area contributed by atoms with Gasteiger partial charge in [0.05, 0.1) is 20.0 Å². The number of alkyl halides is 2. The second kappa shape index (κ2) is 10.6. The molecule has 0 spiro atoms. The first kappa shape index (κ1) is 20.8. The molecular formula is C19H21F2NO4S. The van der Waals surface area contributed by atoms with Crippen LogP contribution in [0.2, 0.25) is 0 Å². The molecule has 1 amide bonds. The number of carbonyl (C=O) groups is 1. The Hall–Kier alpha value is -2.48. The summed E-state index contributed by atoms with van der Waals surface area (Å²) in [5.74, 6) is 1.68. The van der Waals surface area contributed by atoms with Gasteiger partial charge in [0.25, 0.3) is 0 Å². The van der Waals surface area contributed by atoms with Crippen molar-refractivity contribution in [3.05, 3.63) is 53.6 Å². The summed E-state index contributed by atoms with van der Waals surface area (Å²) >= 11 is 1.41. The molecule has 0 heterocycles. The fourth-order valence-electron chi connectivity index (χ4n) is 2.29. The van der Waals surface area contributed by atoms with Crippen molar-refractivity contribution in [2.24, 2.45) is 0 Å². The van der Waals surface area contributed by atoms with Gasteiger partial charge in [-0.15, -0.1) is 11.8 Å². The predicted octanol–water partition coefficient (Wildman–Crippen LogP) is 3.85. The maximum Gasteiger partial charge on any atom is 0.387 e. The van der Waals surface area contributed by atoms with Crippen molar-refractivity contribution in [3.8, 4) is 17.2 Å². The summed E-state index contributed by atoms with van der Waals surface area (Å²) in [6.07, 6.45) is 0. The lowest BCUT2D eigenvalue weighted by Gasteiger charge is -2.11. The summed E-state index contributed by atoms with van der Waals surface area (Å²) in [5.41, 5.74) is 1.80. The number of rotatable bonds is 10. The molecule has 0 bridgehead atoms. The number of benzene rings is 2. The molecule has 0 saturated carbocycles. The van der Waals surface area contributed by atoms with Crippen LogP contribution in [0.15, 0.2) is 42.5 Å². The number of amides is 1. The average molecular weight is 397 g/mol. The highest BCUT2D eigenvalue weighted by molar-refractivity contribution is 7.99. The first-order valence-electron chi connectivity index (χ1n) is 8.11. The van der Waals surface area contributed by atoms with Gasteiger partial charge in [0.15, 0.2) is 11.5 Å². The quantitative estimate of drug-likeness (QED) is 0.660. The zero-order valence-corrected chi connectivity index (χ0v) is 15.9. The van der Waals surface area contributed by atoms with Crippen molar-refractivity contribution in [2.45, 2.75) is 18.9 Å². The van der Waals surface area contributed by atoms with Gasteiger partial charge in [0.2, 0.25) is 5.91 Å². The van der Waals surface area contributed by atoms with Gasteiger partial charge in [-0.2, -0.15) is 8.78 Å². The highest BCUT2D eigenvalue weighted by Crippen LogP contribution is 2.30. The van der Waals surface area contributed by atoms with Gasteiger partial charge in [-0.05, 0) is 35.4 Å². The van der Waals surface area contributed by atoms with E-state index in [9.17, 15) is 13.6 Å². The van der Waals surface area contributed by atoms with Crippen LogP contribution in [-0.4, -0.2) is 32.5 Å². The van der Waals surface area contributed by atoms with Crippen molar-refractivity contribution in [2.75, 3.05) is 20.0 Å². The van der Waals surface area contributed by atoms with Crippen LogP contribution < -0.4 is 19.5 Å². The standard InChI is InChI=1S/C19H21F2NO4S/c1-24-15-5-3-4-13(8-15)10-22-18(23)12-27-11-14-6-7-16(26-19(20)21)17(9-14)25-2/h3-9,19H,10-12H2,1-2H3,(H,22,23). The van der Waals surface area contributed by atoms with Gasteiger partial charge in [-0.3, -0.25) is 4.79 Å². The van der Waals surface area contributed by atoms with Crippen LogP contribution in [-0.2, 0) is 17.1 Å². The lowest BCUT2D eigenvalue weighted by Crippen LogP contribution is -2.24. The van der Waals surface area contributed by atoms with E-state index in [0.29, 0.717) is 12.3 Å². The van der Waals surface area contributed by atoms with E-state index in [4.69, 9.17) is 9.47 Å². The summed E-state index contributed by atoms with van der Waals surface area (Å²) in [5, 5.41) is 2.85. The van der Waals surface area contributed by atoms with E-state index < -0.39 is 6.61 Å². The van der Waals surface area contributed by atoms with Crippen LogP contribution in [0.1, 0.15) is 11.1 Å². The SMILES string of the molecule is COc1cccc(CNC(=O)CSCc2ccc(OC(F)F)c(OC)c2)c1. The van der Waals surface area contributed by atoms with E-state index in [1.165, 1.54) is 24.9 Å². The van der Waals surface area contributed by atoms with Crippen molar-refractivity contribution < 1.29 is 27.8 Å².